The van der Waals surface area contributed by atoms with E-state index in [2.05, 4.69) is 25.8 Å². The van der Waals surface area contributed by atoms with Crippen LogP contribution in [0.2, 0.25) is 0 Å². The number of benzene rings is 2. The molecular weight excluding hydrogens is 400 g/mol. The number of thioether (sulfide) groups is 1. The molecule has 30 heavy (non-hydrogen) atoms. The smallest absolute Gasteiger partial charge is 0.321 e. The van der Waals surface area contributed by atoms with Gasteiger partial charge in [-0.3, -0.25) is 9.89 Å². The maximum atomic E-state index is 12.7. The first kappa shape index (κ1) is 20.0. The molecule has 1 aromatic heterocycles. The summed E-state index contributed by atoms with van der Waals surface area (Å²) >= 11 is 1.54. The largest absolute Gasteiger partial charge is 0.325 e. The number of likely N-dealkylation sites (tertiary alicyclic amines) is 1. The molecule has 2 heterocycles. The summed E-state index contributed by atoms with van der Waals surface area (Å²) in [5, 5.41) is 13.2. The molecule has 3 aromatic rings. The average Bonchev–Trinajstić information content (AvgIpc) is 3.48. The zero-order valence-electron chi connectivity index (χ0n) is 16.3. The third-order valence-corrected chi connectivity index (χ3v) is 5.74. The molecule has 9 heteroatoms. The molecule has 0 bridgehead atoms. The molecule has 2 aromatic carbocycles. The Bertz CT molecular complexity index is 1000. The van der Waals surface area contributed by atoms with Gasteiger partial charge in [0, 0.05) is 24.4 Å². The number of nitrogens with one attached hydrogen (secondary N) is 3. The number of amides is 3. The van der Waals surface area contributed by atoms with Gasteiger partial charge in [0.25, 0.3) is 5.91 Å². The van der Waals surface area contributed by atoms with Crippen molar-refractivity contribution in [3.63, 3.8) is 0 Å². The second-order valence-electron chi connectivity index (χ2n) is 6.90. The first-order chi connectivity index (χ1) is 14.7. The van der Waals surface area contributed by atoms with Crippen LogP contribution in [0.1, 0.15) is 28.8 Å². The first-order valence-electron chi connectivity index (χ1n) is 9.72. The highest BCUT2D eigenvalue weighted by molar-refractivity contribution is 7.98. The van der Waals surface area contributed by atoms with Crippen molar-refractivity contribution >= 4 is 35.1 Å². The van der Waals surface area contributed by atoms with Gasteiger partial charge in [-0.2, -0.15) is 5.10 Å². The van der Waals surface area contributed by atoms with Gasteiger partial charge in [-0.25, -0.2) is 9.78 Å². The van der Waals surface area contributed by atoms with Crippen LogP contribution in [0.25, 0.3) is 0 Å². The van der Waals surface area contributed by atoms with Gasteiger partial charge in [0.1, 0.15) is 6.33 Å². The molecule has 154 valence electrons. The maximum absolute atomic E-state index is 12.7. The van der Waals surface area contributed by atoms with Crippen molar-refractivity contribution < 1.29 is 9.59 Å². The normalized spacial score (nSPS) is 13.3. The van der Waals surface area contributed by atoms with Crippen molar-refractivity contribution in [2.45, 2.75) is 23.8 Å². The monoisotopic (exact) mass is 422 g/mol. The van der Waals surface area contributed by atoms with E-state index in [1.165, 1.54) is 6.33 Å². The van der Waals surface area contributed by atoms with Gasteiger partial charge < -0.3 is 15.5 Å². The SMILES string of the molecule is O=C(Nc1ccccc1NC(=O)N1CCCC1)c1ccc(CSc2ncn[nH]2)cc1. The van der Waals surface area contributed by atoms with Crippen molar-refractivity contribution in [3.05, 3.63) is 66.0 Å². The Hall–Kier alpha value is -3.33. The van der Waals surface area contributed by atoms with Gasteiger partial charge in [0.2, 0.25) is 0 Å². The van der Waals surface area contributed by atoms with Crippen molar-refractivity contribution in [3.8, 4) is 0 Å². The number of hydrogen-bond donors (Lipinski definition) is 3. The van der Waals surface area contributed by atoms with Crippen molar-refractivity contribution in [2.24, 2.45) is 0 Å². The summed E-state index contributed by atoms with van der Waals surface area (Å²) in [5.74, 6) is 0.495. The number of hydrogen-bond acceptors (Lipinski definition) is 5. The second-order valence-corrected chi connectivity index (χ2v) is 7.86. The molecule has 0 atom stereocenters. The van der Waals surface area contributed by atoms with Gasteiger partial charge in [-0.1, -0.05) is 36.0 Å². The van der Waals surface area contributed by atoms with Gasteiger partial charge in [0.15, 0.2) is 5.16 Å². The summed E-state index contributed by atoms with van der Waals surface area (Å²) in [7, 11) is 0. The molecular formula is C21H22N6O2S. The number of nitrogens with zero attached hydrogens (tertiary/aromatic N) is 3. The second kappa shape index (κ2) is 9.45. The Morgan fingerprint density at radius 3 is 2.37 bits per heavy atom. The van der Waals surface area contributed by atoms with Crippen LogP contribution in [0, 0.1) is 0 Å². The summed E-state index contributed by atoms with van der Waals surface area (Å²) in [4.78, 5) is 31.0. The van der Waals surface area contributed by atoms with Crippen LogP contribution in [0.15, 0.2) is 60.0 Å². The average molecular weight is 423 g/mol. The molecule has 8 nitrogen and oxygen atoms in total. The molecule has 3 N–H and O–H groups in total. The Morgan fingerprint density at radius 2 is 1.70 bits per heavy atom. The minimum absolute atomic E-state index is 0.136. The minimum Gasteiger partial charge on any atom is -0.325 e. The lowest BCUT2D eigenvalue weighted by Crippen LogP contribution is -2.32. The minimum atomic E-state index is -0.229. The number of rotatable bonds is 6. The number of aromatic amines is 1. The van der Waals surface area contributed by atoms with Crippen LogP contribution in [0.5, 0.6) is 0 Å². The summed E-state index contributed by atoms with van der Waals surface area (Å²) in [6, 6.07) is 14.5. The molecule has 4 rings (SSSR count). The Morgan fingerprint density at radius 1 is 1.00 bits per heavy atom. The number of carbonyl (C=O) groups excluding carboxylic acids is 2. The molecule has 0 saturated carbocycles. The predicted molar refractivity (Wildman–Crippen MR) is 117 cm³/mol. The van der Waals surface area contributed by atoms with Gasteiger partial charge >= 0.3 is 6.03 Å². The van der Waals surface area contributed by atoms with E-state index in [4.69, 9.17) is 0 Å². The maximum Gasteiger partial charge on any atom is 0.321 e. The number of aromatic nitrogens is 3. The highest BCUT2D eigenvalue weighted by Gasteiger charge is 2.19. The van der Waals surface area contributed by atoms with E-state index in [-0.39, 0.29) is 11.9 Å². The fraction of sp³-hybridized carbons (Fsp3) is 0.238. The van der Waals surface area contributed by atoms with Crippen molar-refractivity contribution in [1.82, 2.24) is 20.1 Å². The Balaban J connectivity index is 1.38. The highest BCUT2D eigenvalue weighted by Crippen LogP contribution is 2.23. The fourth-order valence-electron chi connectivity index (χ4n) is 3.18. The van der Waals surface area contributed by atoms with Crippen LogP contribution in [0.3, 0.4) is 0 Å². The number of carbonyl (C=O) groups is 2. The highest BCUT2D eigenvalue weighted by atomic mass is 32.2. The van der Waals surface area contributed by atoms with E-state index in [0.717, 1.165) is 42.4 Å². The van der Waals surface area contributed by atoms with Crippen LogP contribution >= 0.6 is 11.8 Å². The zero-order chi connectivity index (χ0) is 20.8. The predicted octanol–water partition coefficient (Wildman–Crippen LogP) is 3.98. The molecule has 1 aliphatic heterocycles. The topological polar surface area (TPSA) is 103 Å². The number of urea groups is 1. The van der Waals surface area contributed by atoms with E-state index in [9.17, 15) is 9.59 Å². The third-order valence-electron chi connectivity index (χ3n) is 4.79. The Kier molecular flexibility index (Phi) is 6.29. The standard InChI is InChI=1S/C21H22N6O2S/c28-19(16-9-7-15(8-10-16)13-30-20-22-14-23-26-20)24-17-5-1-2-6-18(17)25-21(29)27-11-3-4-12-27/h1-2,5-10,14H,3-4,11-13H2,(H,24,28)(H,25,29)(H,22,23,26). The van der Waals surface area contributed by atoms with E-state index in [1.54, 1.807) is 40.9 Å². The molecule has 0 unspecified atom stereocenters. The summed E-state index contributed by atoms with van der Waals surface area (Å²) in [6.07, 6.45) is 3.53. The molecule has 0 spiro atoms. The molecule has 0 aliphatic carbocycles. The quantitative estimate of drug-likeness (QED) is 0.522. The van der Waals surface area contributed by atoms with Gasteiger partial charge in [-0.15, -0.1) is 0 Å². The summed E-state index contributed by atoms with van der Waals surface area (Å²) < 4.78 is 0. The summed E-state index contributed by atoms with van der Waals surface area (Å²) in [6.45, 7) is 1.53. The lowest BCUT2D eigenvalue weighted by atomic mass is 10.1. The number of anilines is 2. The van der Waals surface area contributed by atoms with Gasteiger partial charge in [0.05, 0.1) is 11.4 Å². The zero-order valence-corrected chi connectivity index (χ0v) is 17.1. The third kappa shape index (κ3) is 4.98. The first-order valence-corrected chi connectivity index (χ1v) is 10.7. The van der Waals surface area contributed by atoms with Crippen LogP contribution in [-0.2, 0) is 5.75 Å². The lowest BCUT2D eigenvalue weighted by Gasteiger charge is -2.18. The molecule has 1 fully saturated rings. The Labute approximate surface area is 178 Å². The summed E-state index contributed by atoms with van der Waals surface area (Å²) in [5.41, 5.74) is 2.78. The van der Waals surface area contributed by atoms with Crippen LogP contribution in [-0.4, -0.2) is 45.1 Å². The van der Waals surface area contributed by atoms with E-state index in [1.807, 2.05) is 24.3 Å². The van der Waals surface area contributed by atoms with E-state index < -0.39 is 0 Å². The van der Waals surface area contributed by atoms with Crippen LogP contribution < -0.4 is 10.6 Å². The molecule has 1 saturated heterocycles. The molecule has 0 radical (unpaired) electrons. The fourth-order valence-corrected chi connectivity index (χ4v) is 3.91. The van der Waals surface area contributed by atoms with Crippen molar-refractivity contribution in [2.75, 3.05) is 23.7 Å². The molecule has 1 aliphatic rings. The lowest BCUT2D eigenvalue weighted by molar-refractivity contribution is 0.102. The number of H-pyrrole nitrogens is 1. The van der Waals surface area contributed by atoms with Crippen molar-refractivity contribution in [1.29, 1.82) is 0 Å². The van der Waals surface area contributed by atoms with Gasteiger partial charge in [-0.05, 0) is 42.7 Å². The van der Waals surface area contributed by atoms with E-state index in [0.29, 0.717) is 16.9 Å². The van der Waals surface area contributed by atoms with E-state index >= 15 is 0 Å². The number of para-hydroxylation sites is 2. The van der Waals surface area contributed by atoms with Crippen LogP contribution in [0.4, 0.5) is 16.2 Å². The molecule has 3 amide bonds.